The van der Waals surface area contributed by atoms with Crippen molar-refractivity contribution >= 4 is 52.8 Å². The number of hydrazine groups is 1. The van der Waals surface area contributed by atoms with Gasteiger partial charge in [-0.2, -0.15) is 15.0 Å². The Labute approximate surface area is 142 Å². The summed E-state index contributed by atoms with van der Waals surface area (Å²) < 4.78 is 0. The number of fused-ring (bicyclic) bond motifs is 2. The van der Waals surface area contributed by atoms with Gasteiger partial charge in [0, 0.05) is 6.92 Å². The van der Waals surface area contributed by atoms with Crippen LogP contribution in [0.3, 0.4) is 0 Å². The number of H-pyrrole nitrogens is 2. The molecule has 2 aromatic heterocycles. The van der Waals surface area contributed by atoms with Gasteiger partial charge in [0.2, 0.25) is 11.9 Å². The number of imidazole rings is 1. The van der Waals surface area contributed by atoms with Crippen LogP contribution in [0.5, 0.6) is 0 Å². The molecule has 4 heterocycles. The number of rotatable bonds is 2. The van der Waals surface area contributed by atoms with E-state index < -0.39 is 17.4 Å². The van der Waals surface area contributed by atoms with Crippen LogP contribution in [0, 0.1) is 0 Å². The topological polar surface area (TPSA) is 202 Å². The molecule has 0 aromatic carbocycles. The van der Waals surface area contributed by atoms with Crippen LogP contribution in [0.25, 0.3) is 11.2 Å². The Morgan fingerprint density at radius 1 is 1.23 bits per heavy atom. The Morgan fingerprint density at radius 3 is 2.77 bits per heavy atom. The number of aliphatic carboxylic acids is 1. The number of carbonyl (C=O) groups excluding carboxylic acids is 1. The normalized spacial score (nSPS) is 14.7. The predicted molar refractivity (Wildman–Crippen MR) is 90.4 cm³/mol. The Kier molecular flexibility index (Phi) is 4.29. The van der Waals surface area contributed by atoms with E-state index in [1.165, 1.54) is 12.7 Å². The molecule has 0 bridgehead atoms. The average Bonchev–Trinajstić information content (AvgIpc) is 3.21. The zero-order valence-corrected chi connectivity index (χ0v) is 13.0. The maximum atomic E-state index is 11.7. The Morgan fingerprint density at radius 2 is 2.00 bits per heavy atom. The maximum absolute atomic E-state index is 11.7. The quantitative estimate of drug-likeness (QED) is 0.396. The van der Waals surface area contributed by atoms with Crippen molar-refractivity contribution in [2.45, 2.75) is 6.92 Å². The Balaban J connectivity index is 0.000000447. The van der Waals surface area contributed by atoms with Crippen molar-refractivity contribution in [3.63, 3.8) is 0 Å². The first-order valence-corrected chi connectivity index (χ1v) is 6.91. The van der Waals surface area contributed by atoms with Crippen molar-refractivity contribution in [3.05, 3.63) is 16.7 Å². The van der Waals surface area contributed by atoms with Crippen molar-refractivity contribution in [1.29, 1.82) is 0 Å². The third-order valence-electron chi connectivity index (χ3n) is 2.79. The number of carboxylic acid groups (broad SMARTS) is 1. The first-order chi connectivity index (χ1) is 12.4. The number of aliphatic imine (C=N–C) groups is 4. The van der Waals surface area contributed by atoms with Crippen molar-refractivity contribution in [1.82, 2.24) is 25.4 Å². The predicted octanol–water partition coefficient (Wildman–Crippen LogP) is -1.57. The first-order valence-electron chi connectivity index (χ1n) is 6.91. The first kappa shape index (κ1) is 16.6. The standard InChI is InChI=1S/C10H6N10O2.C2H4O2/c21-7-3-5(13-1-11-3)15-9(17-7)19-20-10-16-6-4(8(22)18-10)12-2-14-6;1-2(3)4/h1-2H,(H,17,19,21)(H3,12,14,16,18,20,22);1H3,(H,3,4). The molecule has 0 radical (unpaired) electrons. The molecule has 4 rings (SSSR count). The zero-order chi connectivity index (χ0) is 18.7. The highest BCUT2D eigenvalue weighted by Gasteiger charge is 2.25. The number of aromatic nitrogens is 4. The van der Waals surface area contributed by atoms with E-state index in [4.69, 9.17) is 9.90 Å². The summed E-state index contributed by atoms with van der Waals surface area (Å²) in [7, 11) is 0. The van der Waals surface area contributed by atoms with Gasteiger partial charge in [-0.1, -0.05) is 0 Å². The van der Waals surface area contributed by atoms with E-state index in [-0.39, 0.29) is 34.6 Å². The summed E-state index contributed by atoms with van der Waals surface area (Å²) in [5.74, 6) is -1.15. The fourth-order valence-corrected chi connectivity index (χ4v) is 1.84. The highest BCUT2D eigenvalue weighted by atomic mass is 16.4. The number of carboxylic acids is 1. The number of amidine groups is 1. The van der Waals surface area contributed by atoms with Crippen LogP contribution in [0.2, 0.25) is 0 Å². The molecule has 5 N–H and O–H groups in total. The number of nitrogens with zero attached hydrogens (tertiary/aromatic N) is 6. The monoisotopic (exact) mass is 358 g/mol. The number of guanidine groups is 1. The number of aromatic amines is 2. The lowest BCUT2D eigenvalue weighted by atomic mass is 10.3. The number of hydrogen-bond acceptors (Lipinski definition) is 10. The van der Waals surface area contributed by atoms with Crippen molar-refractivity contribution in [2.24, 2.45) is 20.0 Å². The van der Waals surface area contributed by atoms with Gasteiger partial charge < -0.3 is 10.1 Å². The van der Waals surface area contributed by atoms with E-state index >= 15 is 0 Å². The molecule has 132 valence electrons. The lowest BCUT2D eigenvalue weighted by Gasteiger charge is -2.10. The SMILES string of the molecule is CC(=O)O.O=C1N=C(NNc2nc3nc[nH]c3c(=O)[nH]2)N=C2N=CN=C12. The molecule has 2 aliphatic heterocycles. The molecule has 26 heavy (non-hydrogen) atoms. The van der Waals surface area contributed by atoms with Crippen molar-refractivity contribution in [3.8, 4) is 0 Å². The molecule has 14 nitrogen and oxygen atoms in total. The molecule has 2 aliphatic rings. The molecule has 0 fully saturated rings. The summed E-state index contributed by atoms with van der Waals surface area (Å²) >= 11 is 0. The summed E-state index contributed by atoms with van der Waals surface area (Å²) in [6, 6.07) is 0. The summed E-state index contributed by atoms with van der Waals surface area (Å²) in [5, 5.41) is 7.42. The lowest BCUT2D eigenvalue weighted by Crippen LogP contribution is -2.36. The molecule has 14 heteroatoms. The van der Waals surface area contributed by atoms with Gasteiger partial charge in [-0.05, 0) is 0 Å². The molecule has 0 aliphatic carbocycles. The summed E-state index contributed by atoms with van der Waals surface area (Å²) in [6.45, 7) is 1.08. The van der Waals surface area contributed by atoms with Crippen LogP contribution < -0.4 is 16.4 Å². The second-order valence-corrected chi connectivity index (χ2v) is 4.68. The van der Waals surface area contributed by atoms with Gasteiger partial charge in [-0.15, -0.1) is 0 Å². The minimum absolute atomic E-state index is 0.0252. The molecular weight excluding hydrogens is 348 g/mol. The molecule has 0 spiro atoms. The van der Waals surface area contributed by atoms with E-state index in [2.05, 4.69) is 50.8 Å². The average molecular weight is 358 g/mol. The van der Waals surface area contributed by atoms with Crippen LogP contribution in [0.4, 0.5) is 5.95 Å². The summed E-state index contributed by atoms with van der Waals surface area (Å²) in [4.78, 5) is 60.7. The largest absolute Gasteiger partial charge is 0.481 e. The molecule has 0 saturated carbocycles. The smallest absolute Gasteiger partial charge is 0.302 e. The van der Waals surface area contributed by atoms with Crippen molar-refractivity contribution < 1.29 is 14.7 Å². The number of amides is 1. The summed E-state index contributed by atoms with van der Waals surface area (Å²) in [5.41, 5.74) is 5.35. The van der Waals surface area contributed by atoms with E-state index in [0.717, 1.165) is 6.92 Å². The third-order valence-corrected chi connectivity index (χ3v) is 2.79. The van der Waals surface area contributed by atoms with Crippen LogP contribution in [-0.2, 0) is 9.59 Å². The lowest BCUT2D eigenvalue weighted by molar-refractivity contribution is -0.134. The number of carbonyl (C=O) groups is 2. The Bertz CT molecular complexity index is 1070. The zero-order valence-electron chi connectivity index (χ0n) is 13.0. The highest BCUT2D eigenvalue weighted by molar-refractivity contribution is 6.71. The van der Waals surface area contributed by atoms with Gasteiger partial charge >= 0.3 is 5.91 Å². The number of nitrogens with one attached hydrogen (secondary N) is 4. The van der Waals surface area contributed by atoms with Crippen LogP contribution >= 0.6 is 0 Å². The molecule has 2 aromatic rings. The van der Waals surface area contributed by atoms with Crippen LogP contribution in [0.1, 0.15) is 6.92 Å². The molecule has 0 unspecified atom stereocenters. The summed E-state index contributed by atoms with van der Waals surface area (Å²) in [6.07, 6.45) is 2.58. The van der Waals surface area contributed by atoms with E-state index in [1.54, 1.807) is 0 Å². The van der Waals surface area contributed by atoms with Gasteiger partial charge in [-0.3, -0.25) is 30.2 Å². The highest BCUT2D eigenvalue weighted by Crippen LogP contribution is 2.05. The molecule has 0 atom stereocenters. The van der Waals surface area contributed by atoms with E-state index in [1.807, 2.05) is 0 Å². The minimum atomic E-state index is -0.833. The molecule has 0 saturated heterocycles. The van der Waals surface area contributed by atoms with Gasteiger partial charge in [0.05, 0.1) is 6.33 Å². The Hall–Kier alpha value is -4.23. The molecular formula is C12H10N10O4. The fraction of sp³-hybridized carbons (Fsp3) is 0.0833. The number of hydrogen-bond donors (Lipinski definition) is 5. The molecule has 1 amide bonds. The van der Waals surface area contributed by atoms with Gasteiger partial charge in [0.15, 0.2) is 22.7 Å². The maximum Gasteiger partial charge on any atom is 0.302 e. The van der Waals surface area contributed by atoms with Gasteiger partial charge in [0.1, 0.15) is 6.34 Å². The van der Waals surface area contributed by atoms with Crippen molar-refractivity contribution in [2.75, 3.05) is 5.43 Å². The van der Waals surface area contributed by atoms with E-state index in [0.29, 0.717) is 0 Å². The number of anilines is 1. The second-order valence-electron chi connectivity index (χ2n) is 4.68. The van der Waals surface area contributed by atoms with Crippen LogP contribution in [-0.4, -0.2) is 60.8 Å². The fourth-order valence-electron chi connectivity index (χ4n) is 1.84. The second kappa shape index (κ2) is 6.71. The third kappa shape index (κ3) is 3.48. The van der Waals surface area contributed by atoms with Gasteiger partial charge in [-0.25, -0.2) is 15.0 Å². The van der Waals surface area contributed by atoms with E-state index in [9.17, 15) is 9.59 Å². The van der Waals surface area contributed by atoms with Gasteiger partial charge in [0.25, 0.3) is 11.5 Å². The minimum Gasteiger partial charge on any atom is -0.481 e. The van der Waals surface area contributed by atoms with Crippen LogP contribution in [0.15, 0.2) is 31.1 Å².